The Morgan fingerprint density at radius 3 is 2.65 bits per heavy atom. The van der Waals surface area contributed by atoms with Crippen LogP contribution in [0.25, 0.3) is 0 Å². The van der Waals surface area contributed by atoms with Gasteiger partial charge in [-0.25, -0.2) is 12.8 Å². The molecule has 0 aliphatic rings. The van der Waals surface area contributed by atoms with Crippen LogP contribution >= 0.6 is 0 Å². The smallest absolute Gasteiger partial charge is 0.323 e. The molecule has 1 atom stereocenters. The number of benzene rings is 1. The molecular weight excluding hydrogens is 287 g/mol. The van der Waals surface area contributed by atoms with E-state index in [1.54, 1.807) is 0 Å². The molecule has 0 fully saturated rings. The molecule has 1 N–H and O–H groups in total. The van der Waals surface area contributed by atoms with Gasteiger partial charge < -0.3 is 5.11 Å². The zero-order valence-electron chi connectivity index (χ0n) is 10.9. The van der Waals surface area contributed by atoms with Gasteiger partial charge in [0.15, 0.2) is 5.25 Å². The van der Waals surface area contributed by atoms with Crippen LogP contribution in [0.15, 0.2) is 18.2 Å². The van der Waals surface area contributed by atoms with Gasteiger partial charge in [0.1, 0.15) is 5.82 Å². The summed E-state index contributed by atoms with van der Waals surface area (Å²) in [5.41, 5.74) is 0.200. The van der Waals surface area contributed by atoms with Gasteiger partial charge in [0, 0.05) is 19.2 Å². The van der Waals surface area contributed by atoms with Crippen molar-refractivity contribution in [2.45, 2.75) is 18.7 Å². The lowest BCUT2D eigenvalue weighted by atomic mass is 10.1. The highest BCUT2D eigenvalue weighted by atomic mass is 32.2. The predicted molar refractivity (Wildman–Crippen MR) is 68.6 cm³/mol. The van der Waals surface area contributed by atoms with Crippen LogP contribution in [-0.2, 0) is 21.4 Å². The summed E-state index contributed by atoms with van der Waals surface area (Å²) in [6, 6.07) is 5.38. The van der Waals surface area contributed by atoms with Crippen LogP contribution in [0.3, 0.4) is 0 Å². The van der Waals surface area contributed by atoms with E-state index < -0.39 is 27.1 Å². The van der Waals surface area contributed by atoms with Crippen LogP contribution < -0.4 is 0 Å². The third-order valence-corrected chi connectivity index (χ3v) is 4.89. The fourth-order valence-corrected chi connectivity index (χ4v) is 2.61. The molecular formula is C12H13FN2O4S. The minimum absolute atomic E-state index is 0.00714. The molecule has 0 radical (unpaired) electrons. The highest BCUT2D eigenvalue weighted by Crippen LogP contribution is 2.16. The first-order chi connectivity index (χ1) is 9.20. The van der Waals surface area contributed by atoms with Crippen LogP contribution in [0.2, 0.25) is 0 Å². The summed E-state index contributed by atoms with van der Waals surface area (Å²) in [6.45, 7) is 0.692. The topological polar surface area (TPSA) is 98.5 Å². The molecule has 0 aliphatic carbocycles. The predicted octanol–water partition coefficient (Wildman–Crippen LogP) is 0.932. The Labute approximate surface area is 116 Å². The van der Waals surface area contributed by atoms with E-state index in [-0.39, 0.29) is 17.7 Å². The fraction of sp³-hybridized carbons (Fsp3) is 0.333. The molecule has 6 nitrogen and oxygen atoms in total. The fourth-order valence-electron chi connectivity index (χ4n) is 1.49. The molecule has 108 valence electrons. The Morgan fingerprint density at radius 2 is 2.15 bits per heavy atom. The Hall–Kier alpha value is -1.98. The summed E-state index contributed by atoms with van der Waals surface area (Å²) in [4.78, 5) is 10.7. The minimum atomic E-state index is -4.09. The van der Waals surface area contributed by atoms with Crippen LogP contribution in [0, 0.1) is 17.1 Å². The van der Waals surface area contributed by atoms with E-state index in [0.29, 0.717) is 0 Å². The van der Waals surface area contributed by atoms with Crippen molar-refractivity contribution in [2.75, 3.05) is 7.05 Å². The number of nitriles is 1. The van der Waals surface area contributed by atoms with Crippen molar-refractivity contribution in [1.82, 2.24) is 4.31 Å². The zero-order chi connectivity index (χ0) is 15.5. The molecule has 0 bridgehead atoms. The molecule has 0 heterocycles. The molecule has 0 spiro atoms. The number of carboxylic acids is 1. The Balaban J connectivity index is 3.05. The Kier molecular flexibility index (Phi) is 4.81. The van der Waals surface area contributed by atoms with Gasteiger partial charge in [0.25, 0.3) is 0 Å². The van der Waals surface area contributed by atoms with Crippen molar-refractivity contribution in [3.8, 4) is 6.07 Å². The molecule has 1 rings (SSSR count). The number of aliphatic carboxylic acids is 1. The molecule has 1 unspecified atom stereocenters. The number of sulfonamides is 1. The van der Waals surface area contributed by atoms with Crippen molar-refractivity contribution < 1.29 is 22.7 Å². The van der Waals surface area contributed by atoms with Crippen LogP contribution in [0.4, 0.5) is 4.39 Å². The summed E-state index contributed by atoms with van der Waals surface area (Å²) in [7, 11) is -2.93. The quantitative estimate of drug-likeness (QED) is 0.872. The normalized spacial score (nSPS) is 12.9. The third-order valence-electron chi connectivity index (χ3n) is 2.80. The maximum Gasteiger partial charge on any atom is 0.323 e. The summed E-state index contributed by atoms with van der Waals surface area (Å²) < 4.78 is 38.1. The Morgan fingerprint density at radius 1 is 1.55 bits per heavy atom. The number of nitrogens with zero attached hydrogens (tertiary/aromatic N) is 2. The third kappa shape index (κ3) is 3.31. The second-order valence-corrected chi connectivity index (χ2v) is 6.56. The molecule has 8 heteroatoms. The first-order valence-electron chi connectivity index (χ1n) is 5.56. The van der Waals surface area contributed by atoms with Crippen molar-refractivity contribution in [2.24, 2.45) is 0 Å². The molecule has 0 saturated carbocycles. The second kappa shape index (κ2) is 5.98. The highest BCUT2D eigenvalue weighted by Gasteiger charge is 2.32. The molecule has 20 heavy (non-hydrogen) atoms. The van der Waals surface area contributed by atoms with Crippen LogP contribution in [0.5, 0.6) is 0 Å². The summed E-state index contributed by atoms with van der Waals surface area (Å²) in [5.74, 6) is -2.14. The maximum absolute atomic E-state index is 13.6. The largest absolute Gasteiger partial charge is 0.480 e. The first-order valence-corrected chi connectivity index (χ1v) is 7.07. The molecule has 0 aliphatic heterocycles. The lowest BCUT2D eigenvalue weighted by Gasteiger charge is -2.20. The van der Waals surface area contributed by atoms with Gasteiger partial charge in [-0.15, -0.1) is 0 Å². The molecule has 0 amide bonds. The molecule has 1 aromatic rings. The summed E-state index contributed by atoms with van der Waals surface area (Å²) in [6.07, 6.45) is 0. The lowest BCUT2D eigenvalue weighted by molar-refractivity contribution is -0.136. The van der Waals surface area contributed by atoms with Gasteiger partial charge in [0.2, 0.25) is 10.0 Å². The van der Waals surface area contributed by atoms with E-state index in [9.17, 15) is 17.6 Å². The lowest BCUT2D eigenvalue weighted by Crippen LogP contribution is -2.38. The van der Waals surface area contributed by atoms with E-state index in [4.69, 9.17) is 10.4 Å². The average Bonchev–Trinajstić information content (AvgIpc) is 2.39. The maximum atomic E-state index is 13.6. The number of hydrogen-bond acceptors (Lipinski definition) is 4. The van der Waals surface area contributed by atoms with Gasteiger partial charge in [-0.2, -0.15) is 9.57 Å². The van der Waals surface area contributed by atoms with Crippen LogP contribution in [0.1, 0.15) is 18.1 Å². The van der Waals surface area contributed by atoms with Gasteiger partial charge in [-0.1, -0.05) is 0 Å². The standard InChI is InChI=1S/C12H13FN2O4S/c1-8(12(16)17)20(18,19)15(2)7-10-5-9(6-14)3-4-11(10)13/h3-5,8H,7H2,1-2H3,(H,16,17). The zero-order valence-corrected chi connectivity index (χ0v) is 11.7. The SMILES string of the molecule is CC(C(=O)O)S(=O)(=O)N(C)Cc1cc(C#N)ccc1F. The van der Waals surface area contributed by atoms with Crippen molar-refractivity contribution >= 4 is 16.0 Å². The van der Waals surface area contributed by atoms with E-state index in [1.165, 1.54) is 12.1 Å². The highest BCUT2D eigenvalue weighted by molar-refractivity contribution is 7.90. The number of hydrogen-bond donors (Lipinski definition) is 1. The number of carboxylic acid groups (broad SMARTS) is 1. The number of carbonyl (C=O) groups is 1. The summed E-state index contributed by atoms with van der Waals surface area (Å²) in [5, 5.41) is 15.8. The molecule has 0 saturated heterocycles. The van der Waals surface area contributed by atoms with Gasteiger partial charge >= 0.3 is 5.97 Å². The monoisotopic (exact) mass is 300 g/mol. The Bertz CT molecular complexity index is 667. The van der Waals surface area contributed by atoms with E-state index >= 15 is 0 Å². The molecule has 1 aromatic carbocycles. The summed E-state index contributed by atoms with van der Waals surface area (Å²) >= 11 is 0. The number of rotatable bonds is 5. The molecule has 0 aromatic heterocycles. The van der Waals surface area contributed by atoms with Crippen molar-refractivity contribution in [1.29, 1.82) is 5.26 Å². The van der Waals surface area contributed by atoms with E-state index in [0.717, 1.165) is 24.3 Å². The van der Waals surface area contributed by atoms with Crippen LogP contribution in [-0.4, -0.2) is 36.1 Å². The first kappa shape index (κ1) is 16.1. The van der Waals surface area contributed by atoms with Gasteiger partial charge in [-0.05, 0) is 25.1 Å². The van der Waals surface area contributed by atoms with Crippen molar-refractivity contribution in [3.63, 3.8) is 0 Å². The average molecular weight is 300 g/mol. The number of halogens is 1. The minimum Gasteiger partial charge on any atom is -0.480 e. The second-order valence-electron chi connectivity index (χ2n) is 4.20. The van der Waals surface area contributed by atoms with Gasteiger partial charge in [-0.3, -0.25) is 4.79 Å². The van der Waals surface area contributed by atoms with E-state index in [2.05, 4.69) is 0 Å². The van der Waals surface area contributed by atoms with E-state index in [1.807, 2.05) is 6.07 Å². The van der Waals surface area contributed by atoms with Gasteiger partial charge in [0.05, 0.1) is 11.6 Å². The van der Waals surface area contributed by atoms with Crippen molar-refractivity contribution in [3.05, 3.63) is 35.1 Å².